The van der Waals surface area contributed by atoms with E-state index in [0.717, 1.165) is 66.8 Å². The molecule has 3 aromatic heterocycles. The van der Waals surface area contributed by atoms with E-state index in [1.165, 1.54) is 5.39 Å². The number of hydrogen-bond acceptors (Lipinski definition) is 3. The lowest BCUT2D eigenvalue weighted by atomic mass is 9.99. The molecule has 4 heteroatoms. The van der Waals surface area contributed by atoms with Crippen molar-refractivity contribution < 1.29 is 4.42 Å². The molecule has 0 bridgehead atoms. The number of nitriles is 1. The lowest BCUT2D eigenvalue weighted by Gasteiger charge is -2.15. The first-order valence-electron chi connectivity index (χ1n) is 13.5. The van der Waals surface area contributed by atoms with Gasteiger partial charge < -0.3 is 8.98 Å². The number of fused-ring (bicyclic) bond motifs is 5. The van der Waals surface area contributed by atoms with E-state index in [1.807, 2.05) is 19.1 Å². The summed E-state index contributed by atoms with van der Waals surface area (Å²) >= 11 is 0. The lowest BCUT2D eigenvalue weighted by Crippen LogP contribution is -1.97. The minimum atomic E-state index is 0.547. The first kappa shape index (κ1) is 24.4. The van der Waals surface area contributed by atoms with Gasteiger partial charge in [-0.05, 0) is 61.0 Å². The average Bonchev–Trinajstić information content (AvgIpc) is 3.56. The topological polar surface area (TPSA) is 54.8 Å². The van der Waals surface area contributed by atoms with Gasteiger partial charge in [-0.25, -0.2) is 0 Å². The molecule has 0 unspecified atom stereocenters. The molecule has 41 heavy (non-hydrogen) atoms. The fraction of sp³-hybridized carbons (Fsp3) is 0.0270. The Hall–Kier alpha value is -5.66. The van der Waals surface area contributed by atoms with Gasteiger partial charge in [-0.2, -0.15) is 5.26 Å². The van der Waals surface area contributed by atoms with Crippen molar-refractivity contribution in [3.05, 3.63) is 133 Å². The molecule has 0 fully saturated rings. The SMILES string of the molecule is C=Cc1oc2ccc3c(c4ccccc4n3-c3ccccc3-c3cccc(-c4ccc(C#N)cn4)c3)c2c1/C=C\C. The Bertz CT molecular complexity index is 2190. The van der Waals surface area contributed by atoms with Crippen molar-refractivity contribution in [1.29, 1.82) is 5.26 Å². The summed E-state index contributed by atoms with van der Waals surface area (Å²) in [6, 6.07) is 35.5. The number of furan rings is 1. The molecule has 194 valence electrons. The van der Waals surface area contributed by atoms with Crippen molar-refractivity contribution in [2.75, 3.05) is 0 Å². The van der Waals surface area contributed by atoms with Crippen LogP contribution in [0.2, 0.25) is 0 Å². The van der Waals surface area contributed by atoms with Crippen LogP contribution in [-0.2, 0) is 0 Å². The van der Waals surface area contributed by atoms with E-state index < -0.39 is 0 Å². The summed E-state index contributed by atoms with van der Waals surface area (Å²) in [5, 5.41) is 12.6. The Morgan fingerprint density at radius 3 is 2.49 bits per heavy atom. The highest BCUT2D eigenvalue weighted by Crippen LogP contribution is 2.42. The Balaban J connectivity index is 1.51. The van der Waals surface area contributed by atoms with Crippen LogP contribution >= 0.6 is 0 Å². The predicted octanol–water partition coefficient (Wildman–Crippen LogP) is 9.81. The molecule has 0 radical (unpaired) electrons. The number of hydrogen-bond donors (Lipinski definition) is 0. The second-order valence-corrected chi connectivity index (χ2v) is 9.91. The molecular weight excluding hydrogens is 502 g/mol. The second kappa shape index (κ2) is 9.82. The van der Waals surface area contributed by atoms with Gasteiger partial charge in [0.05, 0.1) is 28.0 Å². The maximum atomic E-state index is 9.17. The largest absolute Gasteiger partial charge is 0.456 e. The molecule has 0 saturated carbocycles. The molecule has 0 aliphatic carbocycles. The third-order valence-electron chi connectivity index (χ3n) is 7.58. The Kier molecular flexibility index (Phi) is 5.84. The number of allylic oxidation sites excluding steroid dienone is 1. The second-order valence-electron chi connectivity index (χ2n) is 9.91. The van der Waals surface area contributed by atoms with E-state index in [9.17, 15) is 5.26 Å². The molecule has 0 aliphatic rings. The molecule has 7 aromatic rings. The molecule has 4 aromatic carbocycles. The van der Waals surface area contributed by atoms with Crippen LogP contribution in [0.5, 0.6) is 0 Å². The van der Waals surface area contributed by atoms with Crippen molar-refractivity contribution >= 4 is 44.9 Å². The van der Waals surface area contributed by atoms with Gasteiger partial charge in [0.1, 0.15) is 17.4 Å². The summed E-state index contributed by atoms with van der Waals surface area (Å²) < 4.78 is 8.59. The molecule has 0 spiro atoms. The smallest absolute Gasteiger partial charge is 0.136 e. The van der Waals surface area contributed by atoms with Gasteiger partial charge >= 0.3 is 0 Å². The van der Waals surface area contributed by atoms with E-state index in [0.29, 0.717) is 5.56 Å². The van der Waals surface area contributed by atoms with Crippen LogP contribution in [-0.4, -0.2) is 9.55 Å². The molecule has 0 saturated heterocycles. The predicted molar refractivity (Wildman–Crippen MR) is 169 cm³/mol. The lowest BCUT2D eigenvalue weighted by molar-refractivity contribution is 0.603. The van der Waals surface area contributed by atoms with Crippen LogP contribution in [0.1, 0.15) is 23.8 Å². The van der Waals surface area contributed by atoms with Crippen molar-refractivity contribution in [2.45, 2.75) is 6.92 Å². The van der Waals surface area contributed by atoms with E-state index in [4.69, 9.17) is 4.42 Å². The van der Waals surface area contributed by atoms with Gasteiger partial charge in [0, 0.05) is 39.0 Å². The minimum absolute atomic E-state index is 0.547. The fourth-order valence-corrected chi connectivity index (χ4v) is 5.82. The van der Waals surface area contributed by atoms with Crippen LogP contribution in [0.15, 0.2) is 120 Å². The van der Waals surface area contributed by atoms with Gasteiger partial charge in [0.25, 0.3) is 0 Å². The molecule has 7 rings (SSSR count). The van der Waals surface area contributed by atoms with Crippen LogP contribution in [0, 0.1) is 11.3 Å². The zero-order chi connectivity index (χ0) is 27.9. The van der Waals surface area contributed by atoms with Crippen LogP contribution in [0.3, 0.4) is 0 Å². The summed E-state index contributed by atoms with van der Waals surface area (Å²) in [5.41, 5.74) is 9.78. The zero-order valence-corrected chi connectivity index (χ0v) is 22.5. The van der Waals surface area contributed by atoms with Gasteiger partial charge in [-0.1, -0.05) is 73.3 Å². The minimum Gasteiger partial charge on any atom is -0.456 e. The van der Waals surface area contributed by atoms with E-state index in [-0.39, 0.29) is 0 Å². The molecule has 0 atom stereocenters. The van der Waals surface area contributed by atoms with Crippen LogP contribution in [0.25, 0.3) is 73.0 Å². The summed E-state index contributed by atoms with van der Waals surface area (Å²) in [6.45, 7) is 6.02. The van der Waals surface area contributed by atoms with E-state index in [2.05, 4.69) is 113 Å². The summed E-state index contributed by atoms with van der Waals surface area (Å²) in [4.78, 5) is 4.52. The first-order valence-corrected chi connectivity index (χ1v) is 13.5. The van der Waals surface area contributed by atoms with Gasteiger partial charge in [0.2, 0.25) is 0 Å². The van der Waals surface area contributed by atoms with Crippen molar-refractivity contribution in [2.24, 2.45) is 0 Å². The van der Waals surface area contributed by atoms with E-state index in [1.54, 1.807) is 18.3 Å². The van der Waals surface area contributed by atoms with Crippen molar-refractivity contribution in [3.63, 3.8) is 0 Å². The van der Waals surface area contributed by atoms with E-state index >= 15 is 0 Å². The van der Waals surface area contributed by atoms with Crippen LogP contribution in [0.4, 0.5) is 0 Å². The standard InChI is InChI=1S/C37H25N3O/c1-3-10-29-34(4-2)41-35-20-19-33-36(37(29)35)28-14-6-8-16-32(28)40(33)31-15-7-5-13-27(31)25-11-9-12-26(21-25)30-18-17-24(22-38)23-39-30/h3-21,23H,2H2,1H3/b10-3-. The van der Waals surface area contributed by atoms with Gasteiger partial charge in [0.15, 0.2) is 0 Å². The molecule has 3 heterocycles. The highest BCUT2D eigenvalue weighted by Gasteiger charge is 2.21. The average molecular weight is 528 g/mol. The van der Waals surface area contributed by atoms with Crippen LogP contribution < -0.4 is 0 Å². The Morgan fingerprint density at radius 1 is 0.854 bits per heavy atom. The number of pyridine rings is 1. The third-order valence-corrected chi connectivity index (χ3v) is 7.58. The van der Waals surface area contributed by atoms with Gasteiger partial charge in [-0.15, -0.1) is 0 Å². The molecule has 0 amide bonds. The number of benzene rings is 4. The molecule has 4 nitrogen and oxygen atoms in total. The summed E-state index contributed by atoms with van der Waals surface area (Å²) in [7, 11) is 0. The monoisotopic (exact) mass is 527 g/mol. The maximum absolute atomic E-state index is 9.17. The normalized spacial score (nSPS) is 11.5. The molecule has 0 N–H and O–H groups in total. The first-order chi connectivity index (χ1) is 20.2. The summed E-state index contributed by atoms with van der Waals surface area (Å²) in [6.07, 6.45) is 7.54. The number of aromatic nitrogens is 2. The molecule has 0 aliphatic heterocycles. The maximum Gasteiger partial charge on any atom is 0.136 e. The number of nitrogens with zero attached hydrogens (tertiary/aromatic N) is 3. The van der Waals surface area contributed by atoms with Crippen molar-refractivity contribution in [1.82, 2.24) is 9.55 Å². The Labute approximate surface area is 237 Å². The highest BCUT2D eigenvalue weighted by molar-refractivity contribution is 6.23. The fourth-order valence-electron chi connectivity index (χ4n) is 5.82. The van der Waals surface area contributed by atoms with Gasteiger partial charge in [-0.3, -0.25) is 4.98 Å². The summed E-state index contributed by atoms with van der Waals surface area (Å²) in [5.74, 6) is 0.774. The Morgan fingerprint density at radius 2 is 1.68 bits per heavy atom. The number of para-hydroxylation sites is 2. The quantitative estimate of drug-likeness (QED) is 0.224. The number of rotatable bonds is 5. The highest BCUT2D eigenvalue weighted by atomic mass is 16.3. The third kappa shape index (κ3) is 3.87. The molecular formula is C37H25N3O. The van der Waals surface area contributed by atoms with Crippen molar-refractivity contribution in [3.8, 4) is 34.1 Å². The zero-order valence-electron chi connectivity index (χ0n) is 22.5.